The summed E-state index contributed by atoms with van der Waals surface area (Å²) >= 11 is 7.70. The Balaban J connectivity index is 1.29. The third-order valence-electron chi connectivity index (χ3n) is 4.53. The molecule has 4 rings (SSSR count). The molecule has 0 aliphatic carbocycles. The molecule has 0 saturated carbocycles. The summed E-state index contributed by atoms with van der Waals surface area (Å²) in [7, 11) is 0. The molecule has 3 aromatic rings. The Morgan fingerprint density at radius 1 is 1.00 bits per heavy atom. The van der Waals surface area contributed by atoms with Crippen LogP contribution in [0.3, 0.4) is 0 Å². The molecular formula is C19H20ClN3OS. The first kappa shape index (κ1) is 16.6. The van der Waals surface area contributed by atoms with Crippen molar-refractivity contribution >= 4 is 39.0 Å². The van der Waals surface area contributed by atoms with Crippen molar-refractivity contribution in [3.05, 3.63) is 53.6 Å². The molecule has 1 aliphatic rings. The normalized spacial score (nSPS) is 15.6. The van der Waals surface area contributed by atoms with Crippen molar-refractivity contribution in [1.82, 2.24) is 9.27 Å². The number of piperazine rings is 1. The summed E-state index contributed by atoms with van der Waals surface area (Å²) < 4.78 is 11.7. The SMILES string of the molecule is Clc1ccccc1OCCN1CCN(c2nsc3ccccc23)CC1. The molecule has 6 heteroatoms. The molecule has 0 unspecified atom stereocenters. The predicted octanol–water partition coefficient (Wildman–Crippen LogP) is 4.15. The van der Waals surface area contributed by atoms with Crippen molar-refractivity contribution in [3.63, 3.8) is 0 Å². The van der Waals surface area contributed by atoms with Gasteiger partial charge in [0, 0.05) is 38.1 Å². The van der Waals surface area contributed by atoms with Crippen molar-refractivity contribution in [1.29, 1.82) is 0 Å². The highest BCUT2D eigenvalue weighted by molar-refractivity contribution is 7.13. The van der Waals surface area contributed by atoms with Crippen LogP contribution in [0.1, 0.15) is 0 Å². The van der Waals surface area contributed by atoms with Gasteiger partial charge in [0.05, 0.1) is 9.72 Å². The van der Waals surface area contributed by atoms with E-state index in [2.05, 4.69) is 38.4 Å². The van der Waals surface area contributed by atoms with Crippen molar-refractivity contribution in [2.75, 3.05) is 44.2 Å². The van der Waals surface area contributed by atoms with E-state index in [0.29, 0.717) is 11.6 Å². The van der Waals surface area contributed by atoms with Crippen LogP contribution >= 0.6 is 23.1 Å². The summed E-state index contributed by atoms with van der Waals surface area (Å²) in [4.78, 5) is 4.83. The fourth-order valence-electron chi connectivity index (χ4n) is 3.13. The molecule has 0 amide bonds. The summed E-state index contributed by atoms with van der Waals surface area (Å²) in [6.07, 6.45) is 0. The molecule has 25 heavy (non-hydrogen) atoms. The standard InChI is InChI=1S/C19H20ClN3OS/c20-16-6-2-3-7-17(16)24-14-13-22-9-11-23(12-10-22)19-15-5-1-4-8-18(15)25-21-19/h1-8H,9-14H2. The van der Waals surface area contributed by atoms with Gasteiger partial charge in [0.25, 0.3) is 0 Å². The smallest absolute Gasteiger partial charge is 0.150 e. The highest BCUT2D eigenvalue weighted by Gasteiger charge is 2.20. The topological polar surface area (TPSA) is 28.6 Å². The predicted molar refractivity (Wildman–Crippen MR) is 105 cm³/mol. The molecule has 1 aliphatic heterocycles. The zero-order chi connectivity index (χ0) is 17.1. The van der Waals surface area contributed by atoms with Gasteiger partial charge < -0.3 is 9.64 Å². The molecule has 1 saturated heterocycles. The summed E-state index contributed by atoms with van der Waals surface area (Å²) in [6.45, 7) is 5.62. The summed E-state index contributed by atoms with van der Waals surface area (Å²) in [5, 5.41) is 1.94. The fourth-order valence-corrected chi connectivity index (χ4v) is 4.12. The molecular weight excluding hydrogens is 354 g/mol. The Morgan fingerprint density at radius 3 is 2.60 bits per heavy atom. The summed E-state index contributed by atoms with van der Waals surface area (Å²) in [6, 6.07) is 16.1. The van der Waals surface area contributed by atoms with Gasteiger partial charge in [-0.25, -0.2) is 0 Å². The highest BCUT2D eigenvalue weighted by Crippen LogP contribution is 2.29. The quantitative estimate of drug-likeness (QED) is 0.671. The summed E-state index contributed by atoms with van der Waals surface area (Å²) in [5.74, 6) is 1.89. The number of para-hydroxylation sites is 1. The van der Waals surface area contributed by atoms with Crippen LogP contribution in [-0.2, 0) is 0 Å². The number of aromatic nitrogens is 1. The van der Waals surface area contributed by atoms with E-state index in [9.17, 15) is 0 Å². The van der Waals surface area contributed by atoms with Gasteiger partial charge in [0.1, 0.15) is 18.2 Å². The van der Waals surface area contributed by atoms with E-state index in [1.807, 2.05) is 24.3 Å². The Bertz CT molecular complexity index is 845. The van der Waals surface area contributed by atoms with Crippen LogP contribution in [0.5, 0.6) is 5.75 Å². The molecule has 1 fully saturated rings. The maximum absolute atomic E-state index is 6.12. The van der Waals surface area contributed by atoms with E-state index in [1.165, 1.54) is 10.1 Å². The van der Waals surface area contributed by atoms with Gasteiger partial charge in [-0.1, -0.05) is 35.9 Å². The maximum atomic E-state index is 6.12. The van der Waals surface area contributed by atoms with Crippen molar-refractivity contribution in [2.45, 2.75) is 0 Å². The second-order valence-corrected chi connectivity index (χ2v) is 7.32. The van der Waals surface area contributed by atoms with E-state index in [-0.39, 0.29) is 0 Å². The molecule has 0 atom stereocenters. The number of nitrogens with zero attached hydrogens (tertiary/aromatic N) is 3. The van der Waals surface area contributed by atoms with E-state index in [0.717, 1.165) is 44.3 Å². The average Bonchev–Trinajstić information content (AvgIpc) is 3.08. The van der Waals surface area contributed by atoms with Gasteiger partial charge in [0.15, 0.2) is 0 Å². The lowest BCUT2D eigenvalue weighted by molar-refractivity contribution is 0.200. The molecule has 2 aromatic carbocycles. The van der Waals surface area contributed by atoms with E-state index in [1.54, 1.807) is 11.5 Å². The Kier molecular flexibility index (Phi) is 5.06. The second-order valence-electron chi connectivity index (χ2n) is 6.11. The van der Waals surface area contributed by atoms with E-state index < -0.39 is 0 Å². The van der Waals surface area contributed by atoms with Gasteiger partial charge in [-0.3, -0.25) is 4.90 Å². The minimum Gasteiger partial charge on any atom is -0.491 e. The first-order valence-corrected chi connectivity index (χ1v) is 9.65. The fraction of sp³-hybridized carbons (Fsp3) is 0.316. The molecule has 0 radical (unpaired) electrons. The molecule has 0 N–H and O–H groups in total. The van der Waals surface area contributed by atoms with E-state index >= 15 is 0 Å². The second kappa shape index (κ2) is 7.60. The lowest BCUT2D eigenvalue weighted by Gasteiger charge is -2.35. The van der Waals surface area contributed by atoms with Crippen LogP contribution in [0.25, 0.3) is 10.1 Å². The minimum atomic E-state index is 0.656. The Labute approximate surface area is 156 Å². The first-order valence-electron chi connectivity index (χ1n) is 8.50. The average molecular weight is 374 g/mol. The number of hydrogen-bond acceptors (Lipinski definition) is 5. The van der Waals surface area contributed by atoms with Gasteiger partial charge in [-0.2, -0.15) is 4.37 Å². The molecule has 0 bridgehead atoms. The molecule has 2 heterocycles. The minimum absolute atomic E-state index is 0.656. The number of anilines is 1. The largest absolute Gasteiger partial charge is 0.491 e. The Hall–Kier alpha value is -1.82. The van der Waals surface area contributed by atoms with Crippen LogP contribution in [-0.4, -0.2) is 48.6 Å². The number of halogens is 1. The number of rotatable bonds is 5. The van der Waals surface area contributed by atoms with Crippen molar-refractivity contribution < 1.29 is 4.74 Å². The van der Waals surface area contributed by atoms with Crippen LogP contribution in [0.2, 0.25) is 5.02 Å². The zero-order valence-corrected chi connectivity index (χ0v) is 15.5. The monoisotopic (exact) mass is 373 g/mol. The molecule has 1 aromatic heterocycles. The summed E-state index contributed by atoms with van der Waals surface area (Å²) in [5.41, 5.74) is 0. The van der Waals surface area contributed by atoms with Crippen LogP contribution in [0.15, 0.2) is 48.5 Å². The van der Waals surface area contributed by atoms with Gasteiger partial charge in [-0.05, 0) is 35.8 Å². The number of ether oxygens (including phenoxy) is 1. The van der Waals surface area contributed by atoms with E-state index in [4.69, 9.17) is 16.3 Å². The van der Waals surface area contributed by atoms with Crippen LogP contribution < -0.4 is 9.64 Å². The third kappa shape index (κ3) is 3.73. The lowest BCUT2D eigenvalue weighted by Crippen LogP contribution is -2.47. The number of hydrogen-bond donors (Lipinski definition) is 0. The molecule has 130 valence electrons. The maximum Gasteiger partial charge on any atom is 0.150 e. The van der Waals surface area contributed by atoms with Crippen molar-refractivity contribution in [3.8, 4) is 5.75 Å². The third-order valence-corrected chi connectivity index (χ3v) is 5.66. The highest BCUT2D eigenvalue weighted by atomic mass is 35.5. The zero-order valence-electron chi connectivity index (χ0n) is 13.9. The number of benzene rings is 2. The molecule has 4 nitrogen and oxygen atoms in total. The van der Waals surface area contributed by atoms with Crippen LogP contribution in [0.4, 0.5) is 5.82 Å². The van der Waals surface area contributed by atoms with Gasteiger partial charge >= 0.3 is 0 Å². The number of fused-ring (bicyclic) bond motifs is 1. The first-order chi connectivity index (χ1) is 12.3. The lowest BCUT2D eigenvalue weighted by atomic mass is 10.2. The van der Waals surface area contributed by atoms with Gasteiger partial charge in [-0.15, -0.1) is 0 Å². The van der Waals surface area contributed by atoms with Crippen molar-refractivity contribution in [2.24, 2.45) is 0 Å². The van der Waals surface area contributed by atoms with Crippen LogP contribution in [0, 0.1) is 0 Å². The Morgan fingerprint density at radius 2 is 1.76 bits per heavy atom. The molecule has 0 spiro atoms. The van der Waals surface area contributed by atoms with Gasteiger partial charge in [0.2, 0.25) is 0 Å².